The SMILES string of the molecule is CCn1c(-c2ncc([N+](=O)[O-])n2C)nnc1S(C)(=O)=O. The van der Waals surface area contributed by atoms with E-state index in [1.165, 1.54) is 16.2 Å². The third-order valence-corrected chi connectivity index (χ3v) is 3.68. The molecule has 2 aromatic heterocycles. The zero-order valence-corrected chi connectivity index (χ0v) is 11.8. The molecule has 0 atom stereocenters. The number of nitrogens with zero attached hydrogens (tertiary/aromatic N) is 6. The van der Waals surface area contributed by atoms with Crippen LogP contribution in [0.5, 0.6) is 0 Å². The molecule has 20 heavy (non-hydrogen) atoms. The summed E-state index contributed by atoms with van der Waals surface area (Å²) < 4.78 is 25.8. The molecule has 0 aliphatic carbocycles. The van der Waals surface area contributed by atoms with E-state index in [0.717, 1.165) is 12.5 Å². The Morgan fingerprint density at radius 1 is 1.35 bits per heavy atom. The number of hydrogen-bond acceptors (Lipinski definition) is 7. The van der Waals surface area contributed by atoms with E-state index in [-0.39, 0.29) is 22.6 Å². The smallest absolute Gasteiger partial charge is 0.343 e. The van der Waals surface area contributed by atoms with Crippen LogP contribution in [-0.4, -0.2) is 43.9 Å². The maximum Gasteiger partial charge on any atom is 0.343 e. The minimum absolute atomic E-state index is 0.170. The van der Waals surface area contributed by atoms with Gasteiger partial charge in [0.15, 0.2) is 0 Å². The van der Waals surface area contributed by atoms with Crippen LogP contribution in [0.3, 0.4) is 0 Å². The number of hydrogen-bond donors (Lipinski definition) is 0. The van der Waals surface area contributed by atoms with Crippen molar-refractivity contribution in [2.75, 3.05) is 6.26 Å². The number of rotatable bonds is 4. The lowest BCUT2D eigenvalue weighted by molar-refractivity contribution is -0.391. The average molecular weight is 300 g/mol. The molecule has 10 nitrogen and oxygen atoms in total. The van der Waals surface area contributed by atoms with E-state index in [2.05, 4.69) is 15.2 Å². The summed E-state index contributed by atoms with van der Waals surface area (Å²) in [5, 5.41) is 18.0. The predicted octanol–water partition coefficient (Wildman–Crippen LogP) is 0.0102. The second-order valence-electron chi connectivity index (χ2n) is 4.08. The Balaban J connectivity index is 2.66. The minimum Gasteiger partial charge on any atom is -0.358 e. The Morgan fingerprint density at radius 2 is 2.00 bits per heavy atom. The molecule has 0 spiro atoms. The van der Waals surface area contributed by atoms with Crippen molar-refractivity contribution >= 4 is 15.7 Å². The monoisotopic (exact) mass is 300 g/mol. The summed E-state index contributed by atoms with van der Waals surface area (Å²) in [4.78, 5) is 14.1. The standard InChI is InChI=1S/C9H12N6O4S/c1-4-14-8(11-12-9(14)20(3,18)19)7-10-5-6(13(7)2)15(16)17/h5H,4H2,1-3H3. The lowest BCUT2D eigenvalue weighted by atomic mass is 10.5. The largest absolute Gasteiger partial charge is 0.358 e. The van der Waals surface area contributed by atoms with Crippen LogP contribution in [-0.2, 0) is 23.4 Å². The first-order valence-electron chi connectivity index (χ1n) is 5.57. The van der Waals surface area contributed by atoms with Crippen LogP contribution in [0.1, 0.15) is 6.92 Å². The second kappa shape index (κ2) is 4.67. The number of aromatic nitrogens is 5. The highest BCUT2D eigenvalue weighted by atomic mass is 32.2. The van der Waals surface area contributed by atoms with Crippen LogP contribution in [0.15, 0.2) is 11.4 Å². The van der Waals surface area contributed by atoms with E-state index in [9.17, 15) is 18.5 Å². The van der Waals surface area contributed by atoms with Crippen LogP contribution in [0.4, 0.5) is 5.82 Å². The number of nitro groups is 1. The van der Waals surface area contributed by atoms with E-state index in [1.807, 2.05) is 0 Å². The summed E-state index contributed by atoms with van der Waals surface area (Å²) in [6.07, 6.45) is 2.11. The van der Waals surface area contributed by atoms with Gasteiger partial charge in [-0.25, -0.2) is 18.0 Å². The van der Waals surface area contributed by atoms with Gasteiger partial charge in [-0.2, -0.15) is 0 Å². The molecule has 0 bridgehead atoms. The van der Waals surface area contributed by atoms with E-state index in [0.29, 0.717) is 6.54 Å². The molecule has 0 radical (unpaired) electrons. The number of imidazole rings is 1. The van der Waals surface area contributed by atoms with Crippen LogP contribution >= 0.6 is 0 Å². The van der Waals surface area contributed by atoms with Crippen LogP contribution in [0, 0.1) is 10.1 Å². The van der Waals surface area contributed by atoms with Crippen LogP contribution in [0.2, 0.25) is 0 Å². The molecule has 0 aliphatic rings. The Bertz CT molecular complexity index is 774. The minimum atomic E-state index is -3.54. The summed E-state index contributed by atoms with van der Waals surface area (Å²) in [5.41, 5.74) is 0. The van der Waals surface area contributed by atoms with Gasteiger partial charge in [-0.1, -0.05) is 0 Å². The Morgan fingerprint density at radius 3 is 2.45 bits per heavy atom. The Hall–Kier alpha value is -2.30. The molecule has 0 aliphatic heterocycles. The lowest BCUT2D eigenvalue weighted by Crippen LogP contribution is -2.10. The third kappa shape index (κ3) is 2.15. The summed E-state index contributed by atoms with van der Waals surface area (Å²) in [6, 6.07) is 0. The van der Waals surface area contributed by atoms with Crippen molar-refractivity contribution in [3.8, 4) is 11.6 Å². The van der Waals surface area contributed by atoms with Gasteiger partial charge in [-0.05, 0) is 11.8 Å². The molecule has 2 heterocycles. The zero-order chi connectivity index (χ0) is 15.1. The van der Waals surface area contributed by atoms with Crippen LogP contribution in [0.25, 0.3) is 11.6 Å². The Labute approximate surface area is 114 Å². The van der Waals surface area contributed by atoms with Crippen molar-refractivity contribution < 1.29 is 13.3 Å². The summed E-state index contributed by atoms with van der Waals surface area (Å²) in [7, 11) is -2.08. The summed E-state index contributed by atoms with van der Waals surface area (Å²) >= 11 is 0. The quantitative estimate of drug-likeness (QED) is 0.575. The molecule has 108 valence electrons. The topological polar surface area (TPSA) is 126 Å². The van der Waals surface area contributed by atoms with E-state index in [4.69, 9.17) is 0 Å². The fourth-order valence-electron chi connectivity index (χ4n) is 1.79. The van der Waals surface area contributed by atoms with E-state index < -0.39 is 14.8 Å². The molecule has 0 fully saturated rings. The zero-order valence-electron chi connectivity index (χ0n) is 11.0. The maximum atomic E-state index is 11.6. The summed E-state index contributed by atoms with van der Waals surface area (Å²) in [5.74, 6) is 0.135. The number of sulfone groups is 1. The highest BCUT2D eigenvalue weighted by Gasteiger charge is 2.27. The van der Waals surface area contributed by atoms with Gasteiger partial charge in [0.1, 0.15) is 6.20 Å². The normalized spacial score (nSPS) is 11.8. The van der Waals surface area contributed by atoms with Gasteiger partial charge < -0.3 is 10.1 Å². The van der Waals surface area contributed by atoms with Gasteiger partial charge >= 0.3 is 5.82 Å². The molecule has 0 saturated heterocycles. The third-order valence-electron chi connectivity index (χ3n) is 2.72. The second-order valence-corrected chi connectivity index (χ2v) is 5.99. The molecule has 0 aromatic carbocycles. The van der Waals surface area contributed by atoms with E-state index >= 15 is 0 Å². The Kier molecular flexibility index (Phi) is 3.29. The molecule has 0 amide bonds. The maximum absolute atomic E-state index is 11.6. The highest BCUT2D eigenvalue weighted by Crippen LogP contribution is 2.22. The van der Waals surface area contributed by atoms with Crippen molar-refractivity contribution in [2.45, 2.75) is 18.6 Å². The van der Waals surface area contributed by atoms with Crippen molar-refractivity contribution in [1.82, 2.24) is 24.3 Å². The average Bonchev–Trinajstić information content (AvgIpc) is 2.90. The molecular formula is C9H12N6O4S. The van der Waals surface area contributed by atoms with Crippen molar-refractivity contribution in [3.05, 3.63) is 16.3 Å². The van der Waals surface area contributed by atoms with Crippen molar-refractivity contribution in [3.63, 3.8) is 0 Å². The van der Waals surface area contributed by atoms with Gasteiger partial charge in [0, 0.05) is 12.8 Å². The van der Waals surface area contributed by atoms with Crippen molar-refractivity contribution in [2.24, 2.45) is 7.05 Å². The molecule has 0 saturated carbocycles. The van der Waals surface area contributed by atoms with Crippen molar-refractivity contribution in [1.29, 1.82) is 0 Å². The van der Waals surface area contributed by atoms with Gasteiger partial charge in [0.2, 0.25) is 20.8 Å². The molecule has 2 rings (SSSR count). The van der Waals surface area contributed by atoms with Gasteiger partial charge in [0.05, 0.1) is 7.05 Å². The molecule has 0 unspecified atom stereocenters. The van der Waals surface area contributed by atoms with Gasteiger partial charge in [0.25, 0.3) is 5.82 Å². The first-order valence-corrected chi connectivity index (χ1v) is 7.46. The predicted molar refractivity (Wildman–Crippen MR) is 67.7 cm³/mol. The lowest BCUT2D eigenvalue weighted by Gasteiger charge is -2.04. The fourth-order valence-corrected chi connectivity index (χ4v) is 2.60. The van der Waals surface area contributed by atoms with Gasteiger partial charge in [-0.3, -0.25) is 4.57 Å². The molecule has 2 aromatic rings. The first kappa shape index (κ1) is 14.1. The molecule has 0 N–H and O–H groups in total. The molecule has 11 heteroatoms. The highest BCUT2D eigenvalue weighted by molar-refractivity contribution is 7.90. The first-order chi connectivity index (χ1) is 9.27. The van der Waals surface area contributed by atoms with Crippen LogP contribution < -0.4 is 0 Å². The molecular weight excluding hydrogens is 288 g/mol. The fraction of sp³-hybridized carbons (Fsp3) is 0.444. The van der Waals surface area contributed by atoms with Gasteiger partial charge in [-0.15, -0.1) is 10.2 Å². The summed E-state index contributed by atoms with van der Waals surface area (Å²) in [6.45, 7) is 2.02. The van der Waals surface area contributed by atoms with E-state index in [1.54, 1.807) is 6.92 Å².